The Morgan fingerprint density at radius 1 is 1.24 bits per heavy atom. The average molecular weight is 290 g/mol. The molecule has 1 aliphatic rings. The minimum Gasteiger partial charge on any atom is -0.409 e. The van der Waals surface area contributed by atoms with Gasteiger partial charge < -0.3 is 15.8 Å². The van der Waals surface area contributed by atoms with E-state index in [2.05, 4.69) is 10.5 Å². The lowest BCUT2D eigenvalue weighted by Crippen LogP contribution is -2.55. The predicted octanol–water partition coefficient (Wildman–Crippen LogP) is -0.998. The number of carbonyl (C=O) groups is 3. The van der Waals surface area contributed by atoms with Gasteiger partial charge in [0, 0.05) is 0 Å². The smallest absolute Gasteiger partial charge is 0.246 e. The molecule has 110 valence electrons. The van der Waals surface area contributed by atoms with Crippen LogP contribution in [0.1, 0.15) is 11.5 Å². The third-order valence-electron chi connectivity index (χ3n) is 3.05. The van der Waals surface area contributed by atoms with E-state index >= 15 is 0 Å². The summed E-state index contributed by atoms with van der Waals surface area (Å²) in [6, 6.07) is 8.46. The van der Waals surface area contributed by atoms with Crippen LogP contribution in [0.5, 0.6) is 0 Å². The lowest BCUT2D eigenvalue weighted by atomic mass is 9.96. The van der Waals surface area contributed by atoms with Crippen molar-refractivity contribution in [3.05, 3.63) is 35.9 Å². The average Bonchev–Trinajstić information content (AvgIpc) is 2.47. The van der Waals surface area contributed by atoms with Crippen molar-refractivity contribution < 1.29 is 19.6 Å². The van der Waals surface area contributed by atoms with Crippen LogP contribution in [-0.2, 0) is 14.4 Å². The first-order chi connectivity index (χ1) is 10.0. The summed E-state index contributed by atoms with van der Waals surface area (Å²) in [6.45, 7) is -0.487. The Balaban J connectivity index is 2.31. The summed E-state index contributed by atoms with van der Waals surface area (Å²) in [5.41, 5.74) is 6.10. The minimum atomic E-state index is -1.05. The largest absolute Gasteiger partial charge is 0.409 e. The van der Waals surface area contributed by atoms with Crippen LogP contribution < -0.4 is 11.1 Å². The third kappa shape index (κ3) is 3.16. The fourth-order valence-electron chi connectivity index (χ4n) is 2.12. The molecular formula is C13H14N4O4. The molecule has 1 fully saturated rings. The summed E-state index contributed by atoms with van der Waals surface area (Å²) in [5, 5.41) is 13.8. The number of piperazine rings is 1. The van der Waals surface area contributed by atoms with Gasteiger partial charge in [0.25, 0.3) is 0 Å². The first-order valence-electron chi connectivity index (χ1n) is 6.16. The van der Waals surface area contributed by atoms with Gasteiger partial charge in [-0.3, -0.25) is 19.7 Å². The van der Waals surface area contributed by atoms with Gasteiger partial charge in [0.1, 0.15) is 19.0 Å². The number of rotatable bonds is 3. The van der Waals surface area contributed by atoms with Crippen molar-refractivity contribution in [2.24, 2.45) is 10.9 Å². The molecular weight excluding hydrogens is 276 g/mol. The number of oxime groups is 1. The lowest BCUT2D eigenvalue weighted by Gasteiger charge is -2.28. The SMILES string of the molecule is NC(=NO)C(C(=O)N1CC(=O)NC(=O)C1)c1ccccc1. The van der Waals surface area contributed by atoms with Crippen molar-refractivity contribution in [1.82, 2.24) is 10.2 Å². The van der Waals surface area contributed by atoms with E-state index in [1.54, 1.807) is 30.3 Å². The molecule has 0 aromatic heterocycles. The van der Waals surface area contributed by atoms with Gasteiger partial charge in [-0.2, -0.15) is 0 Å². The Hall–Kier alpha value is -2.90. The van der Waals surface area contributed by atoms with E-state index in [-0.39, 0.29) is 18.9 Å². The molecule has 3 amide bonds. The molecule has 8 nitrogen and oxygen atoms in total. The molecule has 0 bridgehead atoms. The van der Waals surface area contributed by atoms with Crippen molar-refractivity contribution in [2.45, 2.75) is 5.92 Å². The summed E-state index contributed by atoms with van der Waals surface area (Å²) < 4.78 is 0. The number of nitrogens with two attached hydrogens (primary N) is 1. The number of benzene rings is 1. The quantitative estimate of drug-likeness (QED) is 0.216. The number of hydrogen-bond donors (Lipinski definition) is 3. The van der Waals surface area contributed by atoms with Gasteiger partial charge in [0.2, 0.25) is 17.7 Å². The fourth-order valence-corrected chi connectivity index (χ4v) is 2.12. The van der Waals surface area contributed by atoms with Gasteiger partial charge in [0.05, 0.1) is 0 Å². The Kier molecular flexibility index (Phi) is 4.17. The van der Waals surface area contributed by atoms with Crippen LogP contribution in [0.4, 0.5) is 0 Å². The van der Waals surface area contributed by atoms with Gasteiger partial charge in [-0.15, -0.1) is 0 Å². The highest BCUT2D eigenvalue weighted by Crippen LogP contribution is 2.19. The maximum absolute atomic E-state index is 12.5. The molecule has 1 aromatic carbocycles. The van der Waals surface area contributed by atoms with Gasteiger partial charge in [-0.25, -0.2) is 0 Å². The van der Waals surface area contributed by atoms with E-state index in [4.69, 9.17) is 10.9 Å². The highest BCUT2D eigenvalue weighted by Gasteiger charge is 2.34. The first-order valence-corrected chi connectivity index (χ1v) is 6.16. The van der Waals surface area contributed by atoms with Crippen molar-refractivity contribution in [1.29, 1.82) is 0 Å². The number of imide groups is 1. The van der Waals surface area contributed by atoms with Gasteiger partial charge >= 0.3 is 0 Å². The normalized spacial score (nSPS) is 17.3. The van der Waals surface area contributed by atoms with E-state index in [0.29, 0.717) is 5.56 Å². The van der Waals surface area contributed by atoms with E-state index in [1.807, 2.05) is 0 Å². The summed E-state index contributed by atoms with van der Waals surface area (Å²) in [5.74, 6) is -3.05. The molecule has 2 rings (SSSR count). The van der Waals surface area contributed by atoms with Crippen molar-refractivity contribution in [3.8, 4) is 0 Å². The molecule has 4 N–H and O–H groups in total. The molecule has 1 saturated heterocycles. The fraction of sp³-hybridized carbons (Fsp3) is 0.231. The molecule has 8 heteroatoms. The maximum Gasteiger partial charge on any atom is 0.246 e. The van der Waals surface area contributed by atoms with E-state index in [0.717, 1.165) is 4.90 Å². The van der Waals surface area contributed by atoms with Gasteiger partial charge in [0.15, 0.2) is 5.84 Å². The van der Waals surface area contributed by atoms with Crippen LogP contribution in [-0.4, -0.2) is 46.8 Å². The minimum absolute atomic E-state index is 0.243. The molecule has 21 heavy (non-hydrogen) atoms. The maximum atomic E-state index is 12.5. The van der Waals surface area contributed by atoms with Gasteiger partial charge in [-0.1, -0.05) is 35.5 Å². The molecule has 1 aromatic rings. The van der Waals surface area contributed by atoms with Crippen molar-refractivity contribution in [3.63, 3.8) is 0 Å². The molecule has 0 radical (unpaired) electrons. The monoisotopic (exact) mass is 290 g/mol. The molecule has 0 aliphatic carbocycles. The molecule has 1 atom stereocenters. The Morgan fingerprint density at radius 3 is 2.33 bits per heavy atom. The van der Waals surface area contributed by atoms with Crippen LogP contribution >= 0.6 is 0 Å². The third-order valence-corrected chi connectivity index (χ3v) is 3.05. The molecule has 1 aliphatic heterocycles. The summed E-state index contributed by atoms with van der Waals surface area (Å²) >= 11 is 0. The number of nitrogens with zero attached hydrogens (tertiary/aromatic N) is 2. The van der Waals surface area contributed by atoms with E-state index in [9.17, 15) is 14.4 Å². The Labute approximate surface area is 120 Å². The summed E-state index contributed by atoms with van der Waals surface area (Å²) in [4.78, 5) is 36.3. The Morgan fingerprint density at radius 2 is 1.81 bits per heavy atom. The first kappa shape index (κ1) is 14.5. The summed E-state index contributed by atoms with van der Waals surface area (Å²) in [7, 11) is 0. The number of carbonyl (C=O) groups excluding carboxylic acids is 3. The number of hydrogen-bond acceptors (Lipinski definition) is 5. The van der Waals surface area contributed by atoms with Crippen LogP contribution in [0, 0.1) is 0 Å². The van der Waals surface area contributed by atoms with Crippen LogP contribution in [0.3, 0.4) is 0 Å². The molecule has 0 spiro atoms. The number of amides is 3. The zero-order chi connectivity index (χ0) is 15.4. The van der Waals surface area contributed by atoms with Crippen molar-refractivity contribution in [2.75, 3.05) is 13.1 Å². The second-order valence-corrected chi connectivity index (χ2v) is 4.53. The second-order valence-electron chi connectivity index (χ2n) is 4.53. The van der Waals surface area contributed by atoms with E-state index < -0.39 is 23.6 Å². The highest BCUT2D eigenvalue weighted by atomic mass is 16.4. The lowest BCUT2D eigenvalue weighted by molar-refractivity contribution is -0.145. The highest BCUT2D eigenvalue weighted by molar-refractivity contribution is 6.10. The van der Waals surface area contributed by atoms with Crippen LogP contribution in [0.2, 0.25) is 0 Å². The second kappa shape index (κ2) is 6.04. The topological polar surface area (TPSA) is 125 Å². The number of nitrogens with one attached hydrogen (secondary N) is 1. The zero-order valence-electron chi connectivity index (χ0n) is 11.0. The Bertz CT molecular complexity index is 583. The predicted molar refractivity (Wildman–Crippen MR) is 72.3 cm³/mol. The summed E-state index contributed by atoms with van der Waals surface area (Å²) in [6.07, 6.45) is 0. The van der Waals surface area contributed by atoms with Crippen LogP contribution in [0.25, 0.3) is 0 Å². The molecule has 1 unspecified atom stereocenters. The standard InChI is InChI=1S/C13H14N4O4/c14-12(16-21)11(8-4-2-1-3-5-8)13(20)17-6-9(18)15-10(19)7-17/h1-5,11,21H,6-7H2,(H2,14,16)(H,15,18,19). The zero-order valence-corrected chi connectivity index (χ0v) is 11.0. The molecule has 1 heterocycles. The van der Waals surface area contributed by atoms with Gasteiger partial charge in [-0.05, 0) is 5.56 Å². The van der Waals surface area contributed by atoms with Crippen molar-refractivity contribution >= 4 is 23.6 Å². The van der Waals surface area contributed by atoms with Crippen LogP contribution in [0.15, 0.2) is 35.5 Å². The molecule has 0 saturated carbocycles. The van der Waals surface area contributed by atoms with E-state index in [1.165, 1.54) is 0 Å². The number of amidine groups is 1.